The van der Waals surface area contributed by atoms with Crippen molar-refractivity contribution in [1.29, 1.82) is 0 Å². The second kappa shape index (κ2) is 4.85. The summed E-state index contributed by atoms with van der Waals surface area (Å²) >= 11 is 0. The van der Waals surface area contributed by atoms with E-state index >= 15 is 0 Å². The van der Waals surface area contributed by atoms with Crippen LogP contribution in [-0.4, -0.2) is 56.6 Å². The van der Waals surface area contributed by atoms with Crippen LogP contribution in [0.15, 0.2) is 0 Å². The minimum absolute atomic E-state index is 0.199. The largest absolute Gasteiger partial charge is 0.444 e. The van der Waals surface area contributed by atoms with E-state index in [-0.39, 0.29) is 17.3 Å². The van der Waals surface area contributed by atoms with Gasteiger partial charge in [-0.25, -0.2) is 18.4 Å². The molecule has 2 aliphatic rings. The van der Waals surface area contributed by atoms with Crippen molar-refractivity contribution in [2.75, 3.05) is 25.4 Å². The number of carbonyl (C=O) groups is 1. The fourth-order valence-corrected chi connectivity index (χ4v) is 3.58. The summed E-state index contributed by atoms with van der Waals surface area (Å²) in [6.45, 7) is 6.85. The SMILES string of the molecule is CC(C)(C)OC(=O)N1CC2(CCOC2CS(N)(=O)=O)C1. The molecule has 0 aliphatic carbocycles. The van der Waals surface area contributed by atoms with Crippen LogP contribution in [0.3, 0.4) is 0 Å². The van der Waals surface area contributed by atoms with E-state index in [1.54, 1.807) is 4.90 Å². The number of rotatable bonds is 2. The fourth-order valence-electron chi connectivity index (χ4n) is 2.71. The first-order valence-electron chi connectivity index (χ1n) is 6.61. The molecule has 2 fully saturated rings. The van der Waals surface area contributed by atoms with Gasteiger partial charge in [-0.1, -0.05) is 0 Å². The normalized spacial score (nSPS) is 25.6. The third kappa shape index (κ3) is 3.42. The van der Waals surface area contributed by atoms with Crippen LogP contribution in [-0.2, 0) is 19.5 Å². The minimum Gasteiger partial charge on any atom is -0.444 e. The first-order chi connectivity index (χ1) is 9.01. The van der Waals surface area contributed by atoms with E-state index in [1.807, 2.05) is 20.8 Å². The first kappa shape index (κ1) is 15.5. The predicted octanol–water partition coefficient (Wildman–Crippen LogP) is 0.301. The van der Waals surface area contributed by atoms with Gasteiger partial charge in [0.2, 0.25) is 10.0 Å². The van der Waals surface area contributed by atoms with Gasteiger partial charge in [0, 0.05) is 25.1 Å². The summed E-state index contributed by atoms with van der Waals surface area (Å²) < 4.78 is 33.2. The predicted molar refractivity (Wildman–Crippen MR) is 72.6 cm³/mol. The Morgan fingerprint density at radius 2 is 2.05 bits per heavy atom. The summed E-state index contributed by atoms with van der Waals surface area (Å²) in [7, 11) is -3.58. The number of hydrogen-bond acceptors (Lipinski definition) is 5. The van der Waals surface area contributed by atoms with E-state index in [0.717, 1.165) is 6.42 Å². The topological polar surface area (TPSA) is 98.9 Å². The maximum absolute atomic E-state index is 11.9. The van der Waals surface area contributed by atoms with Gasteiger partial charge < -0.3 is 14.4 Å². The number of amides is 1. The highest BCUT2D eigenvalue weighted by Gasteiger charge is 2.55. The first-order valence-corrected chi connectivity index (χ1v) is 8.32. The molecule has 7 nitrogen and oxygen atoms in total. The van der Waals surface area contributed by atoms with Gasteiger partial charge in [-0.15, -0.1) is 0 Å². The molecule has 0 radical (unpaired) electrons. The molecule has 0 bridgehead atoms. The van der Waals surface area contributed by atoms with E-state index in [4.69, 9.17) is 14.6 Å². The number of carbonyl (C=O) groups excluding carboxylic acids is 1. The maximum Gasteiger partial charge on any atom is 0.410 e. The van der Waals surface area contributed by atoms with Crippen molar-refractivity contribution in [1.82, 2.24) is 4.90 Å². The molecule has 0 aromatic carbocycles. The highest BCUT2D eigenvalue weighted by molar-refractivity contribution is 7.89. The zero-order valence-corrected chi connectivity index (χ0v) is 12.9. The quantitative estimate of drug-likeness (QED) is 0.791. The lowest BCUT2D eigenvalue weighted by atomic mass is 9.74. The fraction of sp³-hybridized carbons (Fsp3) is 0.917. The molecule has 0 saturated carbocycles. The minimum atomic E-state index is -3.58. The van der Waals surface area contributed by atoms with Gasteiger partial charge in [-0.3, -0.25) is 0 Å². The monoisotopic (exact) mass is 306 g/mol. The molecule has 2 heterocycles. The van der Waals surface area contributed by atoms with Crippen molar-refractivity contribution in [2.24, 2.45) is 10.6 Å². The van der Waals surface area contributed by atoms with Crippen molar-refractivity contribution in [3.05, 3.63) is 0 Å². The molecular weight excluding hydrogens is 284 g/mol. The lowest BCUT2D eigenvalue weighted by molar-refractivity contribution is -0.0595. The molecule has 0 aromatic heterocycles. The van der Waals surface area contributed by atoms with Crippen LogP contribution in [0.5, 0.6) is 0 Å². The van der Waals surface area contributed by atoms with Crippen LogP contribution in [0.2, 0.25) is 0 Å². The second-order valence-corrected chi connectivity index (χ2v) is 8.30. The number of hydrogen-bond donors (Lipinski definition) is 1. The lowest BCUT2D eigenvalue weighted by Gasteiger charge is -2.49. The Hall–Kier alpha value is -0.860. The molecule has 116 valence electrons. The Kier molecular flexibility index (Phi) is 3.77. The zero-order valence-electron chi connectivity index (χ0n) is 12.1. The number of sulfonamides is 1. The smallest absolute Gasteiger partial charge is 0.410 e. The van der Waals surface area contributed by atoms with E-state index in [0.29, 0.717) is 19.7 Å². The Labute approximate surface area is 119 Å². The van der Waals surface area contributed by atoms with Crippen molar-refractivity contribution < 1.29 is 22.7 Å². The Bertz CT molecular complexity index is 490. The molecule has 8 heteroatoms. The molecule has 2 saturated heterocycles. The average Bonchev–Trinajstić information content (AvgIpc) is 2.52. The van der Waals surface area contributed by atoms with Crippen LogP contribution in [0.25, 0.3) is 0 Å². The van der Waals surface area contributed by atoms with Crippen LogP contribution in [0, 0.1) is 5.41 Å². The van der Waals surface area contributed by atoms with Gasteiger partial charge in [0.05, 0.1) is 11.9 Å². The van der Waals surface area contributed by atoms with Crippen LogP contribution < -0.4 is 5.14 Å². The molecular formula is C12H22N2O5S. The zero-order chi connectivity index (χ0) is 15.2. The number of nitrogens with zero attached hydrogens (tertiary/aromatic N) is 1. The molecule has 1 spiro atoms. The summed E-state index contributed by atoms with van der Waals surface area (Å²) in [5.74, 6) is -0.199. The third-order valence-corrected chi connectivity index (χ3v) is 4.42. The van der Waals surface area contributed by atoms with Gasteiger partial charge in [0.1, 0.15) is 5.60 Å². The molecule has 20 heavy (non-hydrogen) atoms. The molecule has 2 aliphatic heterocycles. The summed E-state index contributed by atoms with van der Waals surface area (Å²) in [6.07, 6.45) is -0.0625. The number of likely N-dealkylation sites (tertiary alicyclic amines) is 1. The van der Waals surface area contributed by atoms with Gasteiger partial charge >= 0.3 is 6.09 Å². The molecule has 0 aromatic rings. The number of primary sulfonamides is 1. The highest BCUT2D eigenvalue weighted by atomic mass is 32.2. The Morgan fingerprint density at radius 3 is 2.55 bits per heavy atom. The number of nitrogens with two attached hydrogens (primary N) is 1. The summed E-state index contributed by atoms with van der Waals surface area (Å²) in [5, 5.41) is 5.08. The maximum atomic E-state index is 11.9. The summed E-state index contributed by atoms with van der Waals surface area (Å²) in [4.78, 5) is 13.5. The van der Waals surface area contributed by atoms with Gasteiger partial charge in [-0.05, 0) is 27.2 Å². The molecule has 2 N–H and O–H groups in total. The van der Waals surface area contributed by atoms with E-state index in [2.05, 4.69) is 0 Å². The van der Waals surface area contributed by atoms with Crippen LogP contribution in [0.4, 0.5) is 4.79 Å². The summed E-state index contributed by atoms with van der Waals surface area (Å²) in [6, 6.07) is 0. The standard InChI is InChI=1S/C12H22N2O5S/c1-11(2,3)19-10(15)14-7-12(8-14)4-5-18-9(12)6-20(13,16)17/h9H,4-8H2,1-3H3,(H2,13,16,17). The Morgan fingerprint density at radius 1 is 1.45 bits per heavy atom. The molecule has 1 atom stereocenters. The van der Waals surface area contributed by atoms with Gasteiger partial charge in [0.25, 0.3) is 0 Å². The Balaban J connectivity index is 1.95. The average molecular weight is 306 g/mol. The van der Waals surface area contributed by atoms with E-state index in [9.17, 15) is 13.2 Å². The van der Waals surface area contributed by atoms with E-state index < -0.39 is 21.7 Å². The highest BCUT2D eigenvalue weighted by Crippen LogP contribution is 2.44. The number of ether oxygens (including phenoxy) is 2. The van der Waals surface area contributed by atoms with Crippen LogP contribution >= 0.6 is 0 Å². The molecule has 1 amide bonds. The third-order valence-electron chi connectivity index (χ3n) is 3.65. The van der Waals surface area contributed by atoms with Crippen molar-refractivity contribution in [3.63, 3.8) is 0 Å². The molecule has 1 unspecified atom stereocenters. The van der Waals surface area contributed by atoms with Gasteiger partial charge in [0.15, 0.2) is 0 Å². The van der Waals surface area contributed by atoms with Gasteiger partial charge in [-0.2, -0.15) is 0 Å². The van der Waals surface area contributed by atoms with Crippen LogP contribution in [0.1, 0.15) is 27.2 Å². The van der Waals surface area contributed by atoms with Crippen molar-refractivity contribution >= 4 is 16.1 Å². The molecule has 2 rings (SSSR count). The summed E-state index contributed by atoms with van der Waals surface area (Å²) in [5.41, 5.74) is -0.824. The van der Waals surface area contributed by atoms with E-state index in [1.165, 1.54) is 0 Å². The second-order valence-electron chi connectivity index (χ2n) is 6.64. The van der Waals surface area contributed by atoms with Crippen molar-refractivity contribution in [3.8, 4) is 0 Å². The lowest BCUT2D eigenvalue weighted by Crippen LogP contribution is -2.63. The van der Waals surface area contributed by atoms with Crippen molar-refractivity contribution in [2.45, 2.75) is 38.9 Å².